The fourth-order valence-electron chi connectivity index (χ4n) is 2.81. The van der Waals surface area contributed by atoms with Crippen molar-refractivity contribution < 1.29 is 0 Å². The minimum absolute atomic E-state index is 1.17. The summed E-state index contributed by atoms with van der Waals surface area (Å²) in [5.41, 5.74) is 1.59. The van der Waals surface area contributed by atoms with Crippen LogP contribution < -0.4 is 0 Å². The van der Waals surface area contributed by atoms with E-state index in [9.17, 15) is 0 Å². The predicted octanol–water partition coefficient (Wildman–Crippen LogP) is 5.23. The molecule has 1 aliphatic rings. The van der Waals surface area contributed by atoms with Gasteiger partial charge in [0.05, 0.1) is 0 Å². The molecule has 0 amide bonds. The van der Waals surface area contributed by atoms with Gasteiger partial charge in [0.15, 0.2) is 0 Å². The van der Waals surface area contributed by atoms with E-state index in [-0.39, 0.29) is 0 Å². The van der Waals surface area contributed by atoms with Gasteiger partial charge in [-0.25, -0.2) is 0 Å². The number of hydrogen-bond donors (Lipinski definition) is 0. The first kappa shape index (κ1) is 15.5. The third-order valence-corrected chi connectivity index (χ3v) is 5.58. The largest absolute Gasteiger partial charge is 0.299 e. The summed E-state index contributed by atoms with van der Waals surface area (Å²) in [6.45, 7) is 3.78. The number of alkyl halides is 1. The Morgan fingerprint density at radius 3 is 2.58 bits per heavy atom. The average Bonchev–Trinajstić information content (AvgIpc) is 2.89. The van der Waals surface area contributed by atoms with Gasteiger partial charge in [-0.3, -0.25) is 4.90 Å². The lowest BCUT2D eigenvalue weighted by Gasteiger charge is -2.26. The molecule has 2 heterocycles. The SMILES string of the molecule is BrCCCCCCCCCN1CCc2sccc2C1. The van der Waals surface area contributed by atoms with Crippen molar-refractivity contribution in [3.8, 4) is 0 Å². The monoisotopic (exact) mass is 343 g/mol. The second-order valence-corrected chi connectivity index (χ2v) is 7.35. The highest BCUT2D eigenvalue weighted by molar-refractivity contribution is 9.09. The third kappa shape index (κ3) is 5.57. The maximum Gasteiger partial charge on any atom is 0.0244 e. The lowest BCUT2D eigenvalue weighted by Crippen LogP contribution is -2.30. The number of unbranched alkanes of at least 4 members (excludes halogenated alkanes) is 6. The number of thiophene rings is 1. The van der Waals surface area contributed by atoms with Gasteiger partial charge in [0, 0.05) is 23.3 Å². The zero-order valence-electron chi connectivity index (χ0n) is 11.9. The highest BCUT2D eigenvalue weighted by Gasteiger charge is 2.16. The molecule has 1 nitrogen and oxygen atoms in total. The Balaban J connectivity index is 1.48. The van der Waals surface area contributed by atoms with Gasteiger partial charge in [-0.2, -0.15) is 0 Å². The molecule has 108 valence electrons. The van der Waals surface area contributed by atoms with Crippen LogP contribution in [0.5, 0.6) is 0 Å². The molecule has 0 aromatic carbocycles. The molecular weight excluding hydrogens is 318 g/mol. The van der Waals surface area contributed by atoms with Gasteiger partial charge < -0.3 is 0 Å². The van der Waals surface area contributed by atoms with Gasteiger partial charge >= 0.3 is 0 Å². The van der Waals surface area contributed by atoms with E-state index < -0.39 is 0 Å². The standard InChI is InChI=1S/C16H26BrNS/c17-10-6-4-2-1-3-5-7-11-18-12-8-16-15(14-18)9-13-19-16/h9,13H,1-8,10-12,14H2. The van der Waals surface area contributed by atoms with Crippen molar-refractivity contribution in [1.29, 1.82) is 0 Å². The van der Waals surface area contributed by atoms with Crippen molar-refractivity contribution in [1.82, 2.24) is 4.90 Å². The molecule has 1 aliphatic heterocycles. The molecule has 0 saturated heterocycles. The fraction of sp³-hybridized carbons (Fsp3) is 0.750. The Kier molecular flexibility index (Phi) is 7.47. The molecule has 0 atom stereocenters. The molecule has 19 heavy (non-hydrogen) atoms. The van der Waals surface area contributed by atoms with Crippen molar-refractivity contribution in [3.05, 3.63) is 21.9 Å². The summed E-state index contributed by atoms with van der Waals surface area (Å²) in [6, 6.07) is 2.32. The van der Waals surface area contributed by atoms with Crippen LogP contribution in [0.4, 0.5) is 0 Å². The Hall–Kier alpha value is 0.140. The molecular formula is C16H26BrNS. The Labute approximate surface area is 130 Å². The number of halogens is 1. The summed E-state index contributed by atoms with van der Waals surface area (Å²) in [4.78, 5) is 4.27. The van der Waals surface area contributed by atoms with Crippen LogP contribution in [0.25, 0.3) is 0 Å². The van der Waals surface area contributed by atoms with Crippen LogP contribution in [0, 0.1) is 0 Å². The van der Waals surface area contributed by atoms with Crippen molar-refractivity contribution in [3.63, 3.8) is 0 Å². The van der Waals surface area contributed by atoms with Crippen LogP contribution in [-0.2, 0) is 13.0 Å². The second kappa shape index (κ2) is 9.15. The number of nitrogens with zero attached hydrogens (tertiary/aromatic N) is 1. The molecule has 0 unspecified atom stereocenters. The van der Waals surface area contributed by atoms with E-state index in [0.717, 1.165) is 0 Å². The van der Waals surface area contributed by atoms with E-state index in [1.54, 1.807) is 10.4 Å². The summed E-state index contributed by atoms with van der Waals surface area (Å²) < 4.78 is 0. The van der Waals surface area contributed by atoms with Crippen molar-refractivity contribution in [2.24, 2.45) is 0 Å². The summed E-state index contributed by atoms with van der Waals surface area (Å²) in [7, 11) is 0. The molecule has 0 N–H and O–H groups in total. The van der Waals surface area contributed by atoms with Gasteiger partial charge in [-0.05, 0) is 42.8 Å². The van der Waals surface area contributed by atoms with Gasteiger partial charge in [0.1, 0.15) is 0 Å². The molecule has 0 spiro atoms. The summed E-state index contributed by atoms with van der Waals surface area (Å²) in [5.74, 6) is 0. The minimum Gasteiger partial charge on any atom is -0.299 e. The van der Waals surface area contributed by atoms with Crippen LogP contribution in [0.2, 0.25) is 0 Å². The number of rotatable bonds is 9. The van der Waals surface area contributed by atoms with Crippen LogP contribution in [0.15, 0.2) is 11.4 Å². The molecule has 0 fully saturated rings. The van der Waals surface area contributed by atoms with Gasteiger partial charge in [-0.15, -0.1) is 11.3 Å². The fourth-order valence-corrected chi connectivity index (χ4v) is 4.10. The van der Waals surface area contributed by atoms with E-state index >= 15 is 0 Å². The molecule has 1 aromatic rings. The van der Waals surface area contributed by atoms with E-state index in [4.69, 9.17) is 0 Å². The molecule has 2 rings (SSSR count). The van der Waals surface area contributed by atoms with E-state index in [0.29, 0.717) is 0 Å². The molecule has 3 heteroatoms. The van der Waals surface area contributed by atoms with E-state index in [1.165, 1.54) is 76.3 Å². The number of fused-ring (bicyclic) bond motifs is 1. The quantitative estimate of drug-likeness (QED) is 0.438. The molecule has 0 bridgehead atoms. The summed E-state index contributed by atoms with van der Waals surface area (Å²) in [5, 5.41) is 3.42. The first-order chi connectivity index (χ1) is 9.40. The number of hydrogen-bond acceptors (Lipinski definition) is 2. The van der Waals surface area contributed by atoms with Gasteiger partial charge in [0.2, 0.25) is 0 Å². The highest BCUT2D eigenvalue weighted by Crippen LogP contribution is 2.24. The van der Waals surface area contributed by atoms with Crippen molar-refractivity contribution in [2.45, 2.75) is 57.9 Å². The van der Waals surface area contributed by atoms with Crippen LogP contribution >= 0.6 is 27.3 Å². The molecule has 0 saturated carbocycles. The topological polar surface area (TPSA) is 3.24 Å². The highest BCUT2D eigenvalue weighted by atomic mass is 79.9. The normalized spacial score (nSPS) is 15.6. The third-order valence-electron chi connectivity index (χ3n) is 3.99. The zero-order chi connectivity index (χ0) is 13.3. The van der Waals surface area contributed by atoms with Crippen molar-refractivity contribution >= 4 is 27.3 Å². The van der Waals surface area contributed by atoms with Gasteiger partial charge in [-0.1, -0.05) is 48.0 Å². The lowest BCUT2D eigenvalue weighted by atomic mass is 10.1. The van der Waals surface area contributed by atoms with Crippen LogP contribution in [0.3, 0.4) is 0 Å². The maximum absolute atomic E-state index is 3.49. The second-order valence-electron chi connectivity index (χ2n) is 5.56. The first-order valence-corrected chi connectivity index (χ1v) is 9.74. The molecule has 0 radical (unpaired) electrons. The average molecular weight is 344 g/mol. The lowest BCUT2D eigenvalue weighted by molar-refractivity contribution is 0.249. The van der Waals surface area contributed by atoms with Crippen LogP contribution in [-0.4, -0.2) is 23.3 Å². The Bertz CT molecular complexity index is 350. The Morgan fingerprint density at radius 2 is 1.79 bits per heavy atom. The first-order valence-electron chi connectivity index (χ1n) is 7.73. The van der Waals surface area contributed by atoms with E-state index in [1.807, 2.05) is 11.3 Å². The smallest absolute Gasteiger partial charge is 0.0244 e. The molecule has 0 aliphatic carbocycles. The Morgan fingerprint density at radius 1 is 1.05 bits per heavy atom. The van der Waals surface area contributed by atoms with Crippen molar-refractivity contribution in [2.75, 3.05) is 18.4 Å². The van der Waals surface area contributed by atoms with Gasteiger partial charge in [0.25, 0.3) is 0 Å². The summed E-state index contributed by atoms with van der Waals surface area (Å²) in [6.07, 6.45) is 11.1. The van der Waals surface area contributed by atoms with E-state index in [2.05, 4.69) is 32.3 Å². The maximum atomic E-state index is 3.49. The van der Waals surface area contributed by atoms with Crippen LogP contribution in [0.1, 0.15) is 55.4 Å². The predicted molar refractivity (Wildman–Crippen MR) is 89.4 cm³/mol. The molecule has 1 aromatic heterocycles. The summed E-state index contributed by atoms with van der Waals surface area (Å²) >= 11 is 5.43. The zero-order valence-corrected chi connectivity index (χ0v) is 14.3. The minimum atomic E-state index is 1.17.